The zero-order valence-electron chi connectivity index (χ0n) is 16.2. The first-order chi connectivity index (χ1) is 11.8. The minimum absolute atomic E-state index is 0.278. The van der Waals surface area contributed by atoms with Crippen molar-refractivity contribution in [1.82, 2.24) is 5.32 Å². The molecule has 2 aliphatic rings. The smallest absolute Gasteiger partial charge is 0.285 e. The molecular formula is C21H40N2O. The van der Waals surface area contributed by atoms with Crippen molar-refractivity contribution >= 4 is 6.02 Å². The molecule has 0 aromatic rings. The molecule has 2 fully saturated rings. The van der Waals surface area contributed by atoms with Gasteiger partial charge in [-0.2, -0.15) is 0 Å². The van der Waals surface area contributed by atoms with Gasteiger partial charge in [0.25, 0.3) is 6.02 Å². The van der Waals surface area contributed by atoms with Crippen LogP contribution in [0.5, 0.6) is 0 Å². The van der Waals surface area contributed by atoms with E-state index in [1.165, 1.54) is 89.9 Å². The van der Waals surface area contributed by atoms with Gasteiger partial charge in [0.2, 0.25) is 0 Å². The van der Waals surface area contributed by atoms with Crippen LogP contribution in [0, 0.1) is 0 Å². The van der Waals surface area contributed by atoms with E-state index >= 15 is 0 Å². The van der Waals surface area contributed by atoms with E-state index in [0.717, 1.165) is 12.4 Å². The number of ether oxygens (including phenoxy) is 1. The third kappa shape index (κ3) is 7.90. The molecule has 2 saturated carbocycles. The van der Waals surface area contributed by atoms with Gasteiger partial charge < -0.3 is 10.1 Å². The van der Waals surface area contributed by atoms with Gasteiger partial charge in [-0.05, 0) is 45.4 Å². The number of hydrogen-bond donors (Lipinski definition) is 1. The summed E-state index contributed by atoms with van der Waals surface area (Å²) in [5.74, 6) is 0. The van der Waals surface area contributed by atoms with E-state index in [9.17, 15) is 0 Å². The molecule has 3 heteroatoms. The first-order valence-electron chi connectivity index (χ1n) is 10.8. The summed E-state index contributed by atoms with van der Waals surface area (Å²) in [5, 5.41) is 3.66. The molecule has 0 radical (unpaired) electrons. The highest BCUT2D eigenvalue weighted by atomic mass is 16.5. The predicted octanol–water partition coefficient (Wildman–Crippen LogP) is 5.97. The number of rotatable bonds is 8. The van der Waals surface area contributed by atoms with Crippen molar-refractivity contribution in [2.45, 2.75) is 128 Å². The van der Waals surface area contributed by atoms with E-state index in [-0.39, 0.29) is 6.10 Å². The van der Waals surface area contributed by atoms with Crippen LogP contribution in [-0.2, 0) is 4.74 Å². The van der Waals surface area contributed by atoms with Crippen LogP contribution in [0.1, 0.15) is 110 Å². The molecule has 0 spiro atoms. The molecule has 0 saturated heterocycles. The Morgan fingerprint density at radius 2 is 1.62 bits per heavy atom. The fourth-order valence-corrected chi connectivity index (χ4v) is 4.01. The van der Waals surface area contributed by atoms with Crippen LogP contribution < -0.4 is 5.32 Å². The van der Waals surface area contributed by atoms with Gasteiger partial charge in [0.1, 0.15) is 0 Å². The Hall–Kier alpha value is -0.730. The highest BCUT2D eigenvalue weighted by Crippen LogP contribution is 2.22. The lowest BCUT2D eigenvalue weighted by Crippen LogP contribution is -2.40. The maximum absolute atomic E-state index is 6.28. The molecule has 140 valence electrons. The predicted molar refractivity (Wildman–Crippen MR) is 104 cm³/mol. The van der Waals surface area contributed by atoms with Gasteiger partial charge >= 0.3 is 0 Å². The Morgan fingerprint density at radius 3 is 2.29 bits per heavy atom. The van der Waals surface area contributed by atoms with E-state index in [1.807, 2.05) is 0 Å². The maximum atomic E-state index is 6.28. The van der Waals surface area contributed by atoms with Gasteiger partial charge in [-0.25, -0.2) is 4.99 Å². The Labute approximate surface area is 150 Å². The lowest BCUT2D eigenvalue weighted by atomic mass is 9.95. The molecular weight excluding hydrogens is 296 g/mol. The number of hydrogen-bond acceptors (Lipinski definition) is 2. The zero-order valence-corrected chi connectivity index (χ0v) is 16.2. The Kier molecular flexibility index (Phi) is 9.60. The topological polar surface area (TPSA) is 33.6 Å². The normalized spacial score (nSPS) is 22.3. The van der Waals surface area contributed by atoms with Crippen LogP contribution in [0.25, 0.3) is 0 Å². The average Bonchev–Trinajstić information content (AvgIpc) is 2.60. The van der Waals surface area contributed by atoms with Crippen LogP contribution in [-0.4, -0.2) is 24.2 Å². The van der Waals surface area contributed by atoms with Gasteiger partial charge in [0.15, 0.2) is 0 Å². The largest absolute Gasteiger partial charge is 0.462 e. The number of nitrogens with one attached hydrogen (secondary N) is 1. The van der Waals surface area contributed by atoms with E-state index in [4.69, 9.17) is 9.73 Å². The molecule has 24 heavy (non-hydrogen) atoms. The van der Waals surface area contributed by atoms with Crippen molar-refractivity contribution in [2.75, 3.05) is 0 Å². The van der Waals surface area contributed by atoms with E-state index in [1.54, 1.807) is 0 Å². The molecule has 0 heterocycles. The van der Waals surface area contributed by atoms with Gasteiger partial charge in [0.05, 0.1) is 12.1 Å². The van der Waals surface area contributed by atoms with E-state index in [0.29, 0.717) is 12.1 Å². The highest BCUT2D eigenvalue weighted by Gasteiger charge is 2.19. The summed E-state index contributed by atoms with van der Waals surface area (Å²) in [4.78, 5) is 5.00. The quantitative estimate of drug-likeness (QED) is 0.336. The molecule has 1 atom stereocenters. The second-order valence-corrected chi connectivity index (χ2v) is 7.98. The number of unbranched alkanes of at least 4 members (excludes halogenated alkanes) is 3. The monoisotopic (exact) mass is 336 g/mol. The Morgan fingerprint density at radius 1 is 0.958 bits per heavy atom. The van der Waals surface area contributed by atoms with Crippen molar-refractivity contribution in [2.24, 2.45) is 4.99 Å². The molecule has 0 aromatic carbocycles. The molecule has 0 aliphatic heterocycles. The number of amidine groups is 1. The Balaban J connectivity index is 1.84. The lowest BCUT2D eigenvalue weighted by Gasteiger charge is -2.27. The molecule has 0 bridgehead atoms. The first-order valence-corrected chi connectivity index (χ1v) is 10.8. The van der Waals surface area contributed by atoms with Crippen molar-refractivity contribution in [3.05, 3.63) is 0 Å². The van der Waals surface area contributed by atoms with Gasteiger partial charge in [-0.15, -0.1) is 0 Å². The van der Waals surface area contributed by atoms with E-state index in [2.05, 4.69) is 19.2 Å². The van der Waals surface area contributed by atoms with Crippen molar-refractivity contribution < 1.29 is 4.74 Å². The van der Waals surface area contributed by atoms with Gasteiger partial charge in [-0.3, -0.25) is 0 Å². The van der Waals surface area contributed by atoms with Crippen molar-refractivity contribution in [3.63, 3.8) is 0 Å². The molecule has 0 aromatic heterocycles. The van der Waals surface area contributed by atoms with Crippen LogP contribution >= 0.6 is 0 Å². The molecule has 0 amide bonds. The maximum Gasteiger partial charge on any atom is 0.285 e. The minimum atomic E-state index is 0.278. The van der Waals surface area contributed by atoms with Crippen molar-refractivity contribution in [3.8, 4) is 0 Å². The minimum Gasteiger partial charge on any atom is -0.462 e. The summed E-state index contributed by atoms with van der Waals surface area (Å²) in [6.07, 6.45) is 19.8. The fraction of sp³-hybridized carbons (Fsp3) is 0.952. The van der Waals surface area contributed by atoms with Crippen LogP contribution in [0.2, 0.25) is 0 Å². The van der Waals surface area contributed by atoms with Gasteiger partial charge in [0, 0.05) is 6.04 Å². The standard InChI is InChI=1S/C21H40N2O/c1-3-4-5-8-13-18(2)24-21(22-19-14-9-6-10-15-19)23-20-16-11-7-12-17-20/h18-20H,3-17H2,1-2H3,(H,22,23)/t18-/m1/s1. The SMILES string of the molecule is CCCCCC[C@@H](C)OC(=NC1CCCCC1)NC1CCCCC1. The molecule has 3 nitrogen and oxygen atoms in total. The van der Waals surface area contributed by atoms with E-state index < -0.39 is 0 Å². The van der Waals surface area contributed by atoms with Crippen LogP contribution in [0.4, 0.5) is 0 Å². The Bertz CT molecular complexity index is 344. The van der Waals surface area contributed by atoms with Crippen LogP contribution in [0.3, 0.4) is 0 Å². The highest BCUT2D eigenvalue weighted by molar-refractivity contribution is 5.74. The van der Waals surface area contributed by atoms with Crippen molar-refractivity contribution in [1.29, 1.82) is 0 Å². The second kappa shape index (κ2) is 11.8. The number of aliphatic imine (C=N–C) groups is 1. The molecule has 2 aliphatic carbocycles. The third-order valence-electron chi connectivity index (χ3n) is 5.58. The van der Waals surface area contributed by atoms with Crippen LogP contribution in [0.15, 0.2) is 4.99 Å². The van der Waals surface area contributed by atoms with Gasteiger partial charge in [-0.1, -0.05) is 64.7 Å². The summed E-state index contributed by atoms with van der Waals surface area (Å²) in [6, 6.07) is 1.92. The third-order valence-corrected chi connectivity index (χ3v) is 5.58. The molecule has 0 unspecified atom stereocenters. The lowest BCUT2D eigenvalue weighted by molar-refractivity contribution is 0.175. The molecule has 2 rings (SSSR count). The summed E-state index contributed by atoms with van der Waals surface area (Å²) in [5.41, 5.74) is 0. The number of nitrogens with zero attached hydrogens (tertiary/aromatic N) is 1. The first kappa shape index (κ1) is 19.6. The summed E-state index contributed by atoms with van der Waals surface area (Å²) in [7, 11) is 0. The zero-order chi connectivity index (χ0) is 17.0. The summed E-state index contributed by atoms with van der Waals surface area (Å²) in [6.45, 7) is 4.48. The summed E-state index contributed by atoms with van der Waals surface area (Å²) < 4.78 is 6.28. The fourth-order valence-electron chi connectivity index (χ4n) is 4.01. The summed E-state index contributed by atoms with van der Waals surface area (Å²) >= 11 is 0. The molecule has 1 N–H and O–H groups in total. The second-order valence-electron chi connectivity index (χ2n) is 7.98. The average molecular weight is 337 g/mol.